The maximum atomic E-state index is 11.8. The summed E-state index contributed by atoms with van der Waals surface area (Å²) in [6.45, 7) is 1.61. The van der Waals surface area contributed by atoms with E-state index in [1.807, 2.05) is 30.3 Å². The number of thioether (sulfide) groups is 1. The monoisotopic (exact) mass is 342 g/mol. The average Bonchev–Trinajstić information content (AvgIpc) is 2.46. The van der Waals surface area contributed by atoms with Crippen LogP contribution in [0.4, 0.5) is 0 Å². The molecule has 0 aliphatic carbocycles. The molecule has 3 atom stereocenters. The van der Waals surface area contributed by atoms with Crippen LogP contribution in [0.2, 0.25) is 0 Å². The lowest BCUT2D eigenvalue weighted by Gasteiger charge is -2.30. The number of carboxylic acid groups (broad SMARTS) is 1. The number of aliphatic carboxylic acids is 1. The van der Waals surface area contributed by atoms with Gasteiger partial charge in [-0.3, -0.25) is 9.69 Å². The smallest absolute Gasteiger partial charge is 0.328 e. The first-order chi connectivity index (χ1) is 10.3. The zero-order valence-corrected chi connectivity index (χ0v) is 14.6. The van der Waals surface area contributed by atoms with Crippen molar-refractivity contribution in [3.05, 3.63) is 35.9 Å². The van der Waals surface area contributed by atoms with Gasteiger partial charge in [-0.2, -0.15) is 12.6 Å². The predicted molar refractivity (Wildman–Crippen MR) is 93.2 cm³/mol. The molecule has 3 unspecified atom stereocenters. The van der Waals surface area contributed by atoms with E-state index in [9.17, 15) is 14.7 Å². The lowest BCUT2D eigenvalue weighted by Crippen LogP contribution is -2.53. The number of rotatable bonds is 8. The van der Waals surface area contributed by atoms with Crippen molar-refractivity contribution in [2.75, 3.05) is 14.1 Å². The van der Waals surface area contributed by atoms with Crippen molar-refractivity contribution in [1.29, 1.82) is 0 Å². The van der Waals surface area contributed by atoms with Crippen LogP contribution in [-0.2, 0) is 15.3 Å². The predicted octanol–water partition coefficient (Wildman–Crippen LogP) is 1.70. The highest BCUT2D eigenvalue weighted by Crippen LogP contribution is 2.22. The number of carbonyl (C=O) groups excluding carboxylic acids is 1. The second-order valence-electron chi connectivity index (χ2n) is 5.15. The van der Waals surface area contributed by atoms with Gasteiger partial charge in [0.05, 0.1) is 10.6 Å². The Morgan fingerprint density at radius 1 is 1.32 bits per heavy atom. The summed E-state index contributed by atoms with van der Waals surface area (Å²) in [4.78, 5) is 25.1. The van der Waals surface area contributed by atoms with Crippen LogP contribution in [-0.4, -0.2) is 52.6 Å². The van der Waals surface area contributed by atoms with Gasteiger partial charge in [-0.15, -0.1) is 11.8 Å². The molecule has 0 aliphatic rings. The van der Waals surface area contributed by atoms with E-state index >= 15 is 0 Å². The number of carboxylic acids is 1. The molecule has 0 spiro atoms. The van der Waals surface area contributed by atoms with Crippen molar-refractivity contribution < 1.29 is 14.7 Å². The summed E-state index contributed by atoms with van der Waals surface area (Å²) >= 11 is 5.52. The molecule has 0 heterocycles. The Morgan fingerprint density at radius 2 is 1.91 bits per heavy atom. The summed E-state index contributed by atoms with van der Waals surface area (Å²) in [5.41, 5.74) is 1.11. The summed E-state index contributed by atoms with van der Waals surface area (Å²) in [6, 6.07) is 8.81. The molecule has 0 bridgehead atoms. The number of nitrogens with zero attached hydrogens (tertiary/aromatic N) is 1. The minimum absolute atomic E-state index is 0.381. The third kappa shape index (κ3) is 5.90. The topological polar surface area (TPSA) is 69.6 Å². The third-order valence-corrected chi connectivity index (χ3v) is 4.77. The quantitative estimate of drug-likeness (QED) is 0.495. The Labute approximate surface area is 140 Å². The zero-order chi connectivity index (χ0) is 16.7. The van der Waals surface area contributed by atoms with E-state index in [4.69, 9.17) is 0 Å². The number of likely N-dealkylation sites (N-methyl/N-ethyl adjacent to an activating group) is 1. The Bertz CT molecular complexity index is 495. The van der Waals surface area contributed by atoms with Gasteiger partial charge in [-0.05, 0) is 26.6 Å². The van der Waals surface area contributed by atoms with E-state index in [1.165, 1.54) is 11.8 Å². The fraction of sp³-hybridized carbons (Fsp3) is 0.467. The molecule has 0 fully saturated rings. The molecular formula is C15H22N2O3S2. The van der Waals surface area contributed by atoms with Crippen LogP contribution < -0.4 is 5.32 Å². The van der Waals surface area contributed by atoms with Gasteiger partial charge < -0.3 is 10.4 Å². The van der Waals surface area contributed by atoms with E-state index < -0.39 is 17.3 Å². The molecule has 22 heavy (non-hydrogen) atoms. The lowest BCUT2D eigenvalue weighted by molar-refractivity contribution is -0.142. The van der Waals surface area contributed by atoms with Gasteiger partial charge >= 0.3 is 5.97 Å². The van der Waals surface area contributed by atoms with E-state index in [1.54, 1.807) is 25.9 Å². The number of nitrogens with one attached hydrogen (secondary N) is 1. The zero-order valence-electron chi connectivity index (χ0n) is 12.9. The first-order valence-corrected chi connectivity index (χ1v) is 8.42. The van der Waals surface area contributed by atoms with Crippen LogP contribution >= 0.6 is 24.4 Å². The van der Waals surface area contributed by atoms with Crippen LogP contribution in [0.3, 0.4) is 0 Å². The Hall–Kier alpha value is -1.18. The number of hydrogen-bond donors (Lipinski definition) is 3. The first kappa shape index (κ1) is 18.9. The van der Waals surface area contributed by atoms with Gasteiger partial charge in [-0.25, -0.2) is 4.79 Å². The summed E-state index contributed by atoms with van der Waals surface area (Å²) in [5.74, 6) is -0.774. The molecule has 0 radical (unpaired) electrons. The van der Waals surface area contributed by atoms with Gasteiger partial charge in [0, 0.05) is 5.75 Å². The second-order valence-corrected chi connectivity index (χ2v) is 7.03. The molecule has 0 saturated carbocycles. The number of hydrogen-bond acceptors (Lipinski definition) is 5. The maximum Gasteiger partial charge on any atom is 0.328 e. The minimum Gasteiger partial charge on any atom is -0.480 e. The number of benzene rings is 1. The Balaban J connectivity index is 2.80. The average molecular weight is 342 g/mol. The van der Waals surface area contributed by atoms with E-state index in [2.05, 4.69) is 17.9 Å². The van der Waals surface area contributed by atoms with Crippen LogP contribution in [0, 0.1) is 0 Å². The molecule has 0 aromatic heterocycles. The molecule has 122 valence electrons. The molecular weight excluding hydrogens is 320 g/mol. The molecule has 0 aliphatic heterocycles. The molecule has 0 saturated heterocycles. The number of amides is 1. The molecule has 1 aromatic rings. The largest absolute Gasteiger partial charge is 0.480 e. The highest BCUT2D eigenvalue weighted by Gasteiger charge is 2.32. The summed E-state index contributed by atoms with van der Waals surface area (Å²) in [7, 11) is 3.60. The highest BCUT2D eigenvalue weighted by molar-refractivity contribution is 7.99. The van der Waals surface area contributed by atoms with E-state index in [0.29, 0.717) is 5.75 Å². The minimum atomic E-state index is -1.05. The first-order valence-electron chi connectivity index (χ1n) is 6.86. The molecule has 5 nitrogen and oxygen atoms in total. The van der Waals surface area contributed by atoms with Gasteiger partial charge in [0.25, 0.3) is 0 Å². The number of thiol groups is 1. The molecule has 1 rings (SSSR count). The summed E-state index contributed by atoms with van der Waals surface area (Å²) in [5, 5.41) is 11.1. The standard InChI is InChI=1S/C15H22N2O3S2/c1-10(21)13(18)16-12(15(19)20)14(17(2)3)22-9-11-7-5-4-6-8-11/h4-8,10,12,14,21H,9H2,1-3H3,(H,16,18)(H,19,20). The van der Waals surface area contributed by atoms with Crippen LogP contribution in [0.1, 0.15) is 12.5 Å². The van der Waals surface area contributed by atoms with Gasteiger partial charge in [0.15, 0.2) is 6.04 Å². The van der Waals surface area contributed by atoms with Gasteiger partial charge in [0.1, 0.15) is 0 Å². The van der Waals surface area contributed by atoms with Crippen LogP contribution in [0.25, 0.3) is 0 Å². The van der Waals surface area contributed by atoms with Crippen molar-refractivity contribution in [1.82, 2.24) is 10.2 Å². The molecule has 1 aromatic carbocycles. The Kier molecular flexibility index (Phi) is 7.78. The fourth-order valence-corrected chi connectivity index (χ4v) is 3.13. The van der Waals surface area contributed by atoms with Crippen LogP contribution in [0.15, 0.2) is 30.3 Å². The van der Waals surface area contributed by atoms with Crippen LogP contribution in [0.5, 0.6) is 0 Å². The lowest BCUT2D eigenvalue weighted by atomic mass is 10.2. The van der Waals surface area contributed by atoms with E-state index in [0.717, 1.165) is 5.56 Å². The summed E-state index contributed by atoms with van der Waals surface area (Å²) in [6.07, 6.45) is 0. The Morgan fingerprint density at radius 3 is 2.36 bits per heavy atom. The van der Waals surface area contributed by atoms with Gasteiger partial charge in [0.2, 0.25) is 5.91 Å². The van der Waals surface area contributed by atoms with Gasteiger partial charge in [-0.1, -0.05) is 30.3 Å². The second kappa shape index (κ2) is 9.07. The normalized spacial score (nSPS) is 15.1. The van der Waals surface area contributed by atoms with E-state index in [-0.39, 0.29) is 11.3 Å². The van der Waals surface area contributed by atoms with Crippen molar-refractivity contribution in [2.45, 2.75) is 29.3 Å². The van der Waals surface area contributed by atoms with Crippen molar-refractivity contribution >= 4 is 36.3 Å². The van der Waals surface area contributed by atoms with Crippen molar-refractivity contribution in [3.63, 3.8) is 0 Å². The highest BCUT2D eigenvalue weighted by atomic mass is 32.2. The molecule has 2 N–H and O–H groups in total. The van der Waals surface area contributed by atoms with Crippen molar-refractivity contribution in [2.24, 2.45) is 0 Å². The summed E-state index contributed by atoms with van der Waals surface area (Å²) < 4.78 is 0. The van der Waals surface area contributed by atoms with Crippen molar-refractivity contribution in [3.8, 4) is 0 Å². The SMILES string of the molecule is CC(S)C(=O)NC(C(=O)O)C(SCc1ccccc1)N(C)C. The third-order valence-electron chi connectivity index (χ3n) is 3.00. The number of carbonyl (C=O) groups is 2. The maximum absolute atomic E-state index is 11.8. The molecule has 1 amide bonds. The fourth-order valence-electron chi connectivity index (χ4n) is 1.83. The molecule has 7 heteroatoms.